The van der Waals surface area contributed by atoms with Crippen LogP contribution in [0.5, 0.6) is 11.5 Å². The molecule has 1 fully saturated rings. The molecule has 0 aliphatic carbocycles. The SMILES string of the molecule is C=CC(=O)N1CCN2Cc3cc(C#N)c(-c4c(O)cccc4CC)c(F)c3OC[C@H]2C1. The number of hydrogen-bond acceptors (Lipinski definition) is 5. The largest absolute Gasteiger partial charge is 0.507 e. The van der Waals surface area contributed by atoms with Gasteiger partial charge in [0.1, 0.15) is 12.4 Å². The third-order valence-electron chi connectivity index (χ3n) is 6.06. The van der Waals surface area contributed by atoms with Crippen molar-refractivity contribution in [2.45, 2.75) is 25.9 Å². The number of halogens is 1. The molecule has 31 heavy (non-hydrogen) atoms. The van der Waals surface area contributed by atoms with Crippen molar-refractivity contribution in [2.75, 3.05) is 26.2 Å². The van der Waals surface area contributed by atoms with Gasteiger partial charge in [-0.05, 0) is 30.2 Å². The molecule has 0 spiro atoms. The summed E-state index contributed by atoms with van der Waals surface area (Å²) < 4.78 is 21.7. The number of benzene rings is 2. The normalized spacial score (nSPS) is 18.2. The van der Waals surface area contributed by atoms with E-state index in [0.29, 0.717) is 43.7 Å². The molecule has 1 saturated heterocycles. The smallest absolute Gasteiger partial charge is 0.246 e. The average molecular weight is 421 g/mol. The molecule has 2 heterocycles. The van der Waals surface area contributed by atoms with Gasteiger partial charge in [-0.2, -0.15) is 5.26 Å². The molecule has 2 aromatic carbocycles. The van der Waals surface area contributed by atoms with Crippen LogP contribution in [0.3, 0.4) is 0 Å². The lowest BCUT2D eigenvalue weighted by molar-refractivity contribution is -0.129. The lowest BCUT2D eigenvalue weighted by atomic mass is 9.91. The minimum atomic E-state index is -0.635. The number of amides is 1. The van der Waals surface area contributed by atoms with E-state index >= 15 is 4.39 Å². The van der Waals surface area contributed by atoms with Gasteiger partial charge in [0.15, 0.2) is 11.6 Å². The number of fused-ring (bicyclic) bond motifs is 2. The highest BCUT2D eigenvalue weighted by Crippen LogP contribution is 2.42. The second-order valence-corrected chi connectivity index (χ2v) is 7.80. The first-order chi connectivity index (χ1) is 15.0. The van der Waals surface area contributed by atoms with Gasteiger partial charge in [-0.25, -0.2) is 4.39 Å². The standard InChI is InChI=1S/C24H24FN3O3/c1-3-15-6-5-7-19(29)21(15)22-16(11-26)10-17-12-27-8-9-28(20(30)4-2)13-18(27)14-31-24(17)23(22)25/h4-7,10,18,29H,2-3,8-9,12-14H2,1H3/t18-/m1/s1. The number of piperazine rings is 1. The van der Waals surface area contributed by atoms with Gasteiger partial charge in [-0.1, -0.05) is 25.6 Å². The van der Waals surface area contributed by atoms with Crippen molar-refractivity contribution in [2.24, 2.45) is 0 Å². The van der Waals surface area contributed by atoms with Crippen molar-refractivity contribution in [3.8, 4) is 28.7 Å². The summed E-state index contributed by atoms with van der Waals surface area (Å²) in [6.45, 7) is 7.75. The zero-order chi connectivity index (χ0) is 22.1. The van der Waals surface area contributed by atoms with Crippen LogP contribution in [0.25, 0.3) is 11.1 Å². The van der Waals surface area contributed by atoms with Gasteiger partial charge >= 0.3 is 0 Å². The van der Waals surface area contributed by atoms with Crippen molar-refractivity contribution in [3.05, 3.63) is 59.4 Å². The van der Waals surface area contributed by atoms with E-state index in [0.717, 1.165) is 5.56 Å². The van der Waals surface area contributed by atoms with Crippen molar-refractivity contribution in [3.63, 3.8) is 0 Å². The highest BCUT2D eigenvalue weighted by atomic mass is 19.1. The molecule has 2 aliphatic heterocycles. The number of carbonyl (C=O) groups excluding carboxylic acids is 1. The predicted octanol–water partition coefficient (Wildman–Crippen LogP) is 3.22. The zero-order valence-corrected chi connectivity index (χ0v) is 17.4. The Morgan fingerprint density at radius 3 is 2.94 bits per heavy atom. The summed E-state index contributed by atoms with van der Waals surface area (Å²) in [5, 5.41) is 20.3. The molecule has 2 aliphatic rings. The molecule has 1 atom stereocenters. The number of nitrogens with zero attached hydrogens (tertiary/aromatic N) is 3. The van der Waals surface area contributed by atoms with Crippen molar-refractivity contribution in [1.82, 2.24) is 9.80 Å². The Hall–Kier alpha value is -3.37. The van der Waals surface area contributed by atoms with E-state index in [4.69, 9.17) is 4.74 Å². The summed E-state index contributed by atoms with van der Waals surface area (Å²) in [6.07, 6.45) is 1.87. The third-order valence-corrected chi connectivity index (χ3v) is 6.06. The number of ether oxygens (including phenoxy) is 1. The van der Waals surface area contributed by atoms with E-state index in [1.165, 1.54) is 12.1 Å². The van der Waals surface area contributed by atoms with Crippen LogP contribution in [0.1, 0.15) is 23.6 Å². The van der Waals surface area contributed by atoms with Gasteiger partial charge in [0.05, 0.1) is 17.7 Å². The van der Waals surface area contributed by atoms with E-state index in [1.807, 2.05) is 13.0 Å². The third kappa shape index (κ3) is 3.64. The van der Waals surface area contributed by atoms with E-state index in [9.17, 15) is 15.2 Å². The van der Waals surface area contributed by atoms with E-state index in [2.05, 4.69) is 17.5 Å². The van der Waals surface area contributed by atoms with Crippen molar-refractivity contribution < 1.29 is 19.0 Å². The molecule has 0 aromatic heterocycles. The minimum absolute atomic E-state index is 0.0690. The second-order valence-electron chi connectivity index (χ2n) is 7.80. The highest BCUT2D eigenvalue weighted by Gasteiger charge is 2.34. The summed E-state index contributed by atoms with van der Waals surface area (Å²) >= 11 is 0. The molecule has 0 unspecified atom stereocenters. The topological polar surface area (TPSA) is 76.8 Å². The fourth-order valence-corrected chi connectivity index (χ4v) is 4.45. The highest BCUT2D eigenvalue weighted by molar-refractivity contribution is 5.87. The predicted molar refractivity (Wildman–Crippen MR) is 114 cm³/mol. The Kier molecular flexibility index (Phi) is 5.66. The summed E-state index contributed by atoms with van der Waals surface area (Å²) in [4.78, 5) is 15.9. The first kappa shape index (κ1) is 20.9. The summed E-state index contributed by atoms with van der Waals surface area (Å²) in [5.41, 5.74) is 1.90. The van der Waals surface area contributed by atoms with Crippen LogP contribution in [0.15, 0.2) is 36.9 Å². The molecule has 0 radical (unpaired) electrons. The van der Waals surface area contributed by atoms with E-state index in [1.54, 1.807) is 17.0 Å². The fraction of sp³-hybridized carbons (Fsp3) is 0.333. The van der Waals surface area contributed by atoms with Crippen LogP contribution in [0.4, 0.5) is 4.39 Å². The second kappa shape index (κ2) is 8.40. The van der Waals surface area contributed by atoms with Gasteiger partial charge in [-0.3, -0.25) is 9.69 Å². The van der Waals surface area contributed by atoms with Crippen LogP contribution in [0, 0.1) is 17.1 Å². The lowest BCUT2D eigenvalue weighted by Gasteiger charge is -2.39. The van der Waals surface area contributed by atoms with Crippen molar-refractivity contribution in [1.29, 1.82) is 5.26 Å². The quantitative estimate of drug-likeness (QED) is 0.770. The van der Waals surface area contributed by atoms with Gasteiger partial charge in [-0.15, -0.1) is 0 Å². The molecular formula is C24H24FN3O3. The van der Waals surface area contributed by atoms with Crippen LogP contribution < -0.4 is 4.74 Å². The molecule has 0 bridgehead atoms. The molecule has 1 N–H and O–H groups in total. The molecule has 160 valence electrons. The Balaban J connectivity index is 1.77. The first-order valence-corrected chi connectivity index (χ1v) is 10.3. The minimum Gasteiger partial charge on any atom is -0.507 e. The Morgan fingerprint density at radius 2 is 2.23 bits per heavy atom. The Labute approximate surface area is 180 Å². The number of aromatic hydroxyl groups is 1. The average Bonchev–Trinajstić information content (AvgIpc) is 2.97. The molecule has 2 aromatic rings. The van der Waals surface area contributed by atoms with E-state index in [-0.39, 0.29) is 41.2 Å². The van der Waals surface area contributed by atoms with Gasteiger partial charge in [0, 0.05) is 42.9 Å². The molecule has 7 heteroatoms. The fourth-order valence-electron chi connectivity index (χ4n) is 4.45. The molecule has 6 nitrogen and oxygen atoms in total. The van der Waals surface area contributed by atoms with Crippen LogP contribution in [-0.2, 0) is 17.8 Å². The Bertz CT molecular complexity index is 1090. The summed E-state index contributed by atoms with van der Waals surface area (Å²) in [6, 6.07) is 8.67. The van der Waals surface area contributed by atoms with Crippen molar-refractivity contribution >= 4 is 5.91 Å². The Morgan fingerprint density at radius 1 is 1.42 bits per heavy atom. The van der Waals surface area contributed by atoms with Gasteiger partial charge in [0.25, 0.3) is 0 Å². The lowest BCUT2D eigenvalue weighted by Crippen LogP contribution is -2.55. The first-order valence-electron chi connectivity index (χ1n) is 10.3. The van der Waals surface area contributed by atoms with Gasteiger partial charge < -0.3 is 14.7 Å². The molecule has 4 rings (SSSR count). The number of hydrogen-bond donors (Lipinski definition) is 1. The number of carbonyl (C=O) groups is 1. The maximum Gasteiger partial charge on any atom is 0.246 e. The zero-order valence-electron chi connectivity index (χ0n) is 17.4. The number of aryl methyl sites for hydroxylation is 1. The molecule has 0 saturated carbocycles. The van der Waals surface area contributed by atoms with Crippen LogP contribution in [0.2, 0.25) is 0 Å². The maximum absolute atomic E-state index is 15.8. The van der Waals surface area contributed by atoms with Crippen LogP contribution >= 0.6 is 0 Å². The van der Waals surface area contributed by atoms with Crippen LogP contribution in [-0.4, -0.2) is 53.1 Å². The monoisotopic (exact) mass is 421 g/mol. The van der Waals surface area contributed by atoms with Gasteiger partial charge in [0.2, 0.25) is 5.91 Å². The number of rotatable bonds is 3. The molecular weight excluding hydrogens is 397 g/mol. The molecule has 1 amide bonds. The van der Waals surface area contributed by atoms with E-state index < -0.39 is 5.82 Å². The summed E-state index contributed by atoms with van der Waals surface area (Å²) in [5.74, 6) is -0.730. The number of phenolic OH excluding ortho intramolecular Hbond substituents is 1. The number of nitriles is 1. The summed E-state index contributed by atoms with van der Waals surface area (Å²) in [7, 11) is 0. The maximum atomic E-state index is 15.8. The number of phenols is 1.